The Hall–Kier alpha value is -1.14. The number of anilines is 1. The average molecular weight is 270 g/mol. The lowest BCUT2D eigenvalue weighted by Gasteiger charge is -1.99. The van der Waals surface area contributed by atoms with Crippen LogP contribution in [0, 0.1) is 6.92 Å². The first-order valence-corrected chi connectivity index (χ1v) is 8.10. The third kappa shape index (κ3) is 3.41. The fourth-order valence-corrected chi connectivity index (χ4v) is 2.80. The van der Waals surface area contributed by atoms with E-state index in [2.05, 4.69) is 10.3 Å². The van der Waals surface area contributed by atoms with Gasteiger partial charge in [-0.1, -0.05) is 17.4 Å². The fourth-order valence-electron chi connectivity index (χ4n) is 1.46. The third-order valence-corrected chi connectivity index (χ3v) is 4.23. The maximum Gasteiger partial charge on any atom is 0.183 e. The van der Waals surface area contributed by atoms with Gasteiger partial charge in [0.05, 0.1) is 16.0 Å². The molecule has 4 nitrogen and oxygen atoms in total. The normalized spacial score (nSPS) is 11.9. The smallest absolute Gasteiger partial charge is 0.183 e. The van der Waals surface area contributed by atoms with Gasteiger partial charge in [-0.2, -0.15) is 0 Å². The van der Waals surface area contributed by atoms with Crippen molar-refractivity contribution >= 4 is 36.5 Å². The van der Waals surface area contributed by atoms with Crippen LogP contribution in [0.3, 0.4) is 0 Å². The summed E-state index contributed by atoms with van der Waals surface area (Å²) < 4.78 is 23.1. The van der Waals surface area contributed by atoms with Crippen LogP contribution in [-0.4, -0.2) is 32.0 Å². The molecule has 0 amide bonds. The molecule has 0 atom stereocenters. The molecule has 0 radical (unpaired) electrons. The predicted octanol–water partition coefficient (Wildman–Crippen LogP) is 2.06. The highest BCUT2D eigenvalue weighted by molar-refractivity contribution is 7.90. The van der Waals surface area contributed by atoms with E-state index in [-0.39, 0.29) is 5.75 Å². The summed E-state index contributed by atoms with van der Waals surface area (Å²) in [6.45, 7) is 2.42. The van der Waals surface area contributed by atoms with Crippen molar-refractivity contribution in [1.82, 2.24) is 4.98 Å². The first-order chi connectivity index (χ1) is 7.94. The highest BCUT2D eigenvalue weighted by Crippen LogP contribution is 2.26. The Morgan fingerprint density at radius 3 is 2.88 bits per heavy atom. The molecule has 2 aromatic rings. The SMILES string of the molecule is Cc1ccc2sc(NCCS(C)(=O)=O)nc2c1. The van der Waals surface area contributed by atoms with Crippen LogP contribution in [0.25, 0.3) is 10.2 Å². The molecule has 1 N–H and O–H groups in total. The standard InChI is InChI=1S/C11H14N2O2S2/c1-8-3-4-10-9(7-8)13-11(16-10)12-5-6-17(2,14)15/h3-4,7H,5-6H2,1-2H3,(H,12,13). The number of rotatable bonds is 4. The number of sulfone groups is 1. The Labute approximate surface area is 105 Å². The van der Waals surface area contributed by atoms with E-state index in [4.69, 9.17) is 0 Å². The second-order valence-corrected chi connectivity index (χ2v) is 7.34. The minimum absolute atomic E-state index is 0.127. The zero-order chi connectivity index (χ0) is 12.5. The molecule has 0 saturated heterocycles. The van der Waals surface area contributed by atoms with E-state index in [0.29, 0.717) is 6.54 Å². The number of benzene rings is 1. The van der Waals surface area contributed by atoms with Gasteiger partial charge in [-0.05, 0) is 24.6 Å². The molecule has 0 aliphatic heterocycles. The molecule has 6 heteroatoms. The zero-order valence-electron chi connectivity index (χ0n) is 9.73. The molecule has 0 unspecified atom stereocenters. The van der Waals surface area contributed by atoms with Crippen molar-refractivity contribution in [1.29, 1.82) is 0 Å². The Bertz CT molecular complexity index is 632. The van der Waals surface area contributed by atoms with Crippen LogP contribution in [0.4, 0.5) is 5.13 Å². The van der Waals surface area contributed by atoms with Crippen molar-refractivity contribution in [2.45, 2.75) is 6.92 Å². The number of nitrogens with one attached hydrogen (secondary N) is 1. The molecule has 0 saturated carbocycles. The molecule has 0 aliphatic rings. The van der Waals surface area contributed by atoms with Crippen molar-refractivity contribution in [3.05, 3.63) is 23.8 Å². The van der Waals surface area contributed by atoms with Crippen molar-refractivity contribution in [3.63, 3.8) is 0 Å². The molecule has 0 bridgehead atoms. The third-order valence-electron chi connectivity index (χ3n) is 2.29. The lowest BCUT2D eigenvalue weighted by atomic mass is 10.2. The van der Waals surface area contributed by atoms with E-state index in [0.717, 1.165) is 15.3 Å². The number of aromatic nitrogens is 1. The summed E-state index contributed by atoms with van der Waals surface area (Å²) in [7, 11) is -2.92. The Morgan fingerprint density at radius 2 is 2.18 bits per heavy atom. The molecular weight excluding hydrogens is 256 g/mol. The first kappa shape index (κ1) is 12.3. The van der Waals surface area contributed by atoms with Gasteiger partial charge < -0.3 is 5.32 Å². The van der Waals surface area contributed by atoms with Gasteiger partial charge in [0, 0.05) is 12.8 Å². The lowest BCUT2D eigenvalue weighted by molar-refractivity contribution is 0.602. The molecule has 2 rings (SSSR count). The van der Waals surface area contributed by atoms with Crippen molar-refractivity contribution < 1.29 is 8.42 Å². The second-order valence-electron chi connectivity index (χ2n) is 4.05. The van der Waals surface area contributed by atoms with E-state index in [1.165, 1.54) is 23.2 Å². The van der Waals surface area contributed by atoms with Gasteiger partial charge in [0.2, 0.25) is 0 Å². The molecule has 0 fully saturated rings. The Kier molecular flexibility index (Phi) is 3.35. The van der Waals surface area contributed by atoms with Gasteiger partial charge in [0.15, 0.2) is 5.13 Å². The van der Waals surface area contributed by atoms with Crippen LogP contribution in [0.1, 0.15) is 5.56 Å². The van der Waals surface area contributed by atoms with Gasteiger partial charge in [0.25, 0.3) is 0 Å². The maximum absolute atomic E-state index is 11.0. The topological polar surface area (TPSA) is 59.1 Å². The van der Waals surface area contributed by atoms with Gasteiger partial charge in [0.1, 0.15) is 9.84 Å². The largest absolute Gasteiger partial charge is 0.360 e. The van der Waals surface area contributed by atoms with Gasteiger partial charge in [-0.15, -0.1) is 0 Å². The molecule has 17 heavy (non-hydrogen) atoms. The average Bonchev–Trinajstić information content (AvgIpc) is 2.57. The Morgan fingerprint density at radius 1 is 1.41 bits per heavy atom. The van der Waals surface area contributed by atoms with Crippen LogP contribution in [0.2, 0.25) is 0 Å². The second kappa shape index (κ2) is 4.62. The van der Waals surface area contributed by atoms with E-state index in [9.17, 15) is 8.42 Å². The van der Waals surface area contributed by atoms with Crippen molar-refractivity contribution in [2.75, 3.05) is 23.9 Å². The van der Waals surface area contributed by atoms with Crippen LogP contribution in [0.15, 0.2) is 18.2 Å². The molecule has 1 aromatic heterocycles. The van der Waals surface area contributed by atoms with E-state index in [1.807, 2.05) is 25.1 Å². The van der Waals surface area contributed by atoms with Crippen molar-refractivity contribution in [2.24, 2.45) is 0 Å². The number of thiazole rings is 1. The number of nitrogens with zero attached hydrogens (tertiary/aromatic N) is 1. The number of hydrogen-bond donors (Lipinski definition) is 1. The summed E-state index contributed by atoms with van der Waals surface area (Å²) in [5.74, 6) is 0.127. The highest BCUT2D eigenvalue weighted by Gasteiger charge is 2.05. The molecule has 0 aliphatic carbocycles. The summed E-state index contributed by atoms with van der Waals surface area (Å²) in [6.07, 6.45) is 1.23. The highest BCUT2D eigenvalue weighted by atomic mass is 32.2. The minimum Gasteiger partial charge on any atom is -0.360 e. The monoisotopic (exact) mass is 270 g/mol. The number of aryl methyl sites for hydroxylation is 1. The van der Waals surface area contributed by atoms with Crippen LogP contribution in [0.5, 0.6) is 0 Å². The van der Waals surface area contributed by atoms with Gasteiger partial charge >= 0.3 is 0 Å². The Balaban J connectivity index is 2.09. The molecule has 1 heterocycles. The minimum atomic E-state index is -2.92. The molecule has 0 spiro atoms. The van der Waals surface area contributed by atoms with Crippen LogP contribution < -0.4 is 5.32 Å². The molecule has 1 aromatic carbocycles. The summed E-state index contributed by atoms with van der Waals surface area (Å²) in [5.41, 5.74) is 2.13. The molecular formula is C11H14N2O2S2. The number of hydrogen-bond acceptors (Lipinski definition) is 5. The lowest BCUT2D eigenvalue weighted by Crippen LogP contribution is -2.13. The summed E-state index contributed by atoms with van der Waals surface area (Å²) in [4.78, 5) is 4.41. The summed E-state index contributed by atoms with van der Waals surface area (Å²) in [6, 6.07) is 6.10. The van der Waals surface area contributed by atoms with E-state index < -0.39 is 9.84 Å². The fraction of sp³-hybridized carbons (Fsp3) is 0.364. The quantitative estimate of drug-likeness (QED) is 0.924. The van der Waals surface area contributed by atoms with Crippen LogP contribution >= 0.6 is 11.3 Å². The van der Waals surface area contributed by atoms with E-state index >= 15 is 0 Å². The summed E-state index contributed by atoms with van der Waals surface area (Å²) >= 11 is 1.54. The summed E-state index contributed by atoms with van der Waals surface area (Å²) in [5, 5.41) is 3.81. The predicted molar refractivity (Wildman–Crippen MR) is 72.6 cm³/mol. The van der Waals surface area contributed by atoms with Gasteiger partial charge in [-0.25, -0.2) is 13.4 Å². The molecule has 92 valence electrons. The van der Waals surface area contributed by atoms with Crippen molar-refractivity contribution in [3.8, 4) is 0 Å². The first-order valence-electron chi connectivity index (χ1n) is 5.23. The van der Waals surface area contributed by atoms with Gasteiger partial charge in [-0.3, -0.25) is 0 Å². The number of fused-ring (bicyclic) bond motifs is 1. The van der Waals surface area contributed by atoms with E-state index in [1.54, 1.807) is 0 Å². The van der Waals surface area contributed by atoms with Crippen LogP contribution in [-0.2, 0) is 9.84 Å². The maximum atomic E-state index is 11.0. The zero-order valence-corrected chi connectivity index (χ0v) is 11.4.